The third-order valence-corrected chi connectivity index (χ3v) is 5.06. The number of hydrogen-bond acceptors (Lipinski definition) is 2. The second-order valence-electron chi connectivity index (χ2n) is 5.04. The average molecular weight is 337 g/mol. The van der Waals surface area contributed by atoms with Gasteiger partial charge in [-0.05, 0) is 48.8 Å². The van der Waals surface area contributed by atoms with Crippen LogP contribution in [0.5, 0.6) is 0 Å². The molecule has 0 saturated carbocycles. The minimum absolute atomic E-state index is 0.0347. The Morgan fingerprint density at radius 2 is 2.22 bits per heavy atom. The largest absolute Gasteiger partial charge is 0.385 e. The number of benzene rings is 1. The Hall–Kier alpha value is -0.160. The predicted octanol–water partition coefficient (Wildman–Crippen LogP) is 3.54. The molecule has 1 aliphatic heterocycles. The molecule has 1 aromatic carbocycles. The number of rotatable bonds is 1. The molecular formula is C13H16BrClFNO. The monoisotopic (exact) mass is 335 g/mol. The zero-order valence-corrected chi connectivity index (χ0v) is 12.7. The maximum atomic E-state index is 14.2. The normalized spacial score (nSPS) is 29.6. The first-order chi connectivity index (χ1) is 8.35. The fraction of sp³-hybridized carbons (Fsp3) is 0.538. The van der Waals surface area contributed by atoms with E-state index in [1.165, 1.54) is 0 Å². The van der Waals surface area contributed by atoms with E-state index in [-0.39, 0.29) is 11.1 Å². The van der Waals surface area contributed by atoms with Crippen molar-refractivity contribution in [2.45, 2.75) is 31.4 Å². The van der Waals surface area contributed by atoms with Crippen molar-refractivity contribution >= 4 is 27.5 Å². The summed E-state index contributed by atoms with van der Waals surface area (Å²) < 4.78 is 14.7. The van der Waals surface area contributed by atoms with Gasteiger partial charge in [0, 0.05) is 22.6 Å². The summed E-state index contributed by atoms with van der Waals surface area (Å²) in [5.74, 6) is -0.523. The van der Waals surface area contributed by atoms with Gasteiger partial charge in [-0.1, -0.05) is 17.7 Å². The zero-order chi connectivity index (χ0) is 13.5. The molecule has 0 spiro atoms. The highest BCUT2D eigenvalue weighted by molar-refractivity contribution is 9.10. The van der Waals surface area contributed by atoms with Gasteiger partial charge in [0.25, 0.3) is 0 Å². The van der Waals surface area contributed by atoms with E-state index >= 15 is 0 Å². The van der Waals surface area contributed by atoms with Crippen molar-refractivity contribution < 1.29 is 9.50 Å². The van der Waals surface area contributed by atoms with Crippen LogP contribution in [0.3, 0.4) is 0 Å². The van der Waals surface area contributed by atoms with Gasteiger partial charge in [-0.25, -0.2) is 4.39 Å². The van der Waals surface area contributed by atoms with Crippen LogP contribution in [0, 0.1) is 5.82 Å². The van der Waals surface area contributed by atoms with Crippen molar-refractivity contribution in [3.8, 4) is 0 Å². The molecule has 2 nitrogen and oxygen atoms in total. The quantitative estimate of drug-likeness (QED) is 0.793. The van der Waals surface area contributed by atoms with Crippen molar-refractivity contribution in [2.24, 2.45) is 0 Å². The van der Waals surface area contributed by atoms with Crippen molar-refractivity contribution in [2.75, 3.05) is 13.6 Å². The maximum Gasteiger partial charge on any atom is 0.149 e. The van der Waals surface area contributed by atoms with Crippen LogP contribution >= 0.6 is 27.5 Å². The number of piperidine rings is 1. The summed E-state index contributed by atoms with van der Waals surface area (Å²) in [4.78, 5) is 2.16. The molecule has 0 aliphatic carbocycles. The van der Waals surface area contributed by atoms with Crippen LogP contribution in [0.15, 0.2) is 16.6 Å². The Morgan fingerprint density at radius 3 is 2.83 bits per heavy atom. The number of likely N-dealkylation sites (tertiary alicyclic amines) is 1. The van der Waals surface area contributed by atoms with Gasteiger partial charge in [0.15, 0.2) is 0 Å². The Labute approximate surface area is 120 Å². The molecule has 18 heavy (non-hydrogen) atoms. The van der Waals surface area contributed by atoms with Crippen LogP contribution in [0.25, 0.3) is 0 Å². The van der Waals surface area contributed by atoms with E-state index in [1.54, 1.807) is 12.1 Å². The van der Waals surface area contributed by atoms with Gasteiger partial charge >= 0.3 is 0 Å². The molecule has 1 fully saturated rings. The smallest absolute Gasteiger partial charge is 0.149 e. The summed E-state index contributed by atoms with van der Waals surface area (Å²) in [5, 5.41) is 10.7. The second-order valence-corrected chi connectivity index (χ2v) is 6.27. The van der Waals surface area contributed by atoms with Crippen molar-refractivity contribution in [3.05, 3.63) is 33.0 Å². The van der Waals surface area contributed by atoms with Crippen LogP contribution in [0.1, 0.15) is 25.3 Å². The van der Waals surface area contributed by atoms with E-state index in [4.69, 9.17) is 11.6 Å². The maximum absolute atomic E-state index is 14.2. The second kappa shape index (κ2) is 5.08. The molecule has 1 aromatic rings. The highest BCUT2D eigenvalue weighted by Gasteiger charge is 2.39. The highest BCUT2D eigenvalue weighted by Crippen LogP contribution is 2.39. The van der Waals surface area contributed by atoms with Crippen molar-refractivity contribution in [1.82, 2.24) is 4.90 Å². The molecular weight excluding hydrogens is 321 g/mol. The first-order valence-electron chi connectivity index (χ1n) is 5.92. The summed E-state index contributed by atoms with van der Waals surface area (Å²) in [6.45, 7) is 2.77. The Bertz CT molecular complexity index is 471. The van der Waals surface area contributed by atoms with Gasteiger partial charge in [0.05, 0.1) is 10.6 Å². The molecule has 1 heterocycles. The molecule has 1 saturated heterocycles. The molecule has 0 bridgehead atoms. The molecule has 1 aliphatic rings. The van der Waals surface area contributed by atoms with E-state index < -0.39 is 11.4 Å². The minimum Gasteiger partial charge on any atom is -0.385 e. The number of nitrogens with zero attached hydrogens (tertiary/aromatic N) is 1. The molecule has 0 radical (unpaired) electrons. The lowest BCUT2D eigenvalue weighted by molar-refractivity contribution is -0.0432. The first kappa shape index (κ1) is 14.3. The lowest BCUT2D eigenvalue weighted by atomic mass is 9.81. The van der Waals surface area contributed by atoms with Crippen LogP contribution < -0.4 is 0 Å². The number of aliphatic hydroxyl groups is 1. The van der Waals surface area contributed by atoms with Gasteiger partial charge in [-0.3, -0.25) is 0 Å². The van der Waals surface area contributed by atoms with Crippen LogP contribution in [-0.2, 0) is 5.60 Å². The SMILES string of the molecule is CC1CC(O)(c2ccc(Br)c(Cl)c2F)CCN1C. The van der Waals surface area contributed by atoms with Crippen molar-refractivity contribution in [1.29, 1.82) is 0 Å². The fourth-order valence-electron chi connectivity index (χ4n) is 2.46. The lowest BCUT2D eigenvalue weighted by Gasteiger charge is -2.41. The van der Waals surface area contributed by atoms with Crippen molar-refractivity contribution in [3.63, 3.8) is 0 Å². The summed E-state index contributed by atoms with van der Waals surface area (Å²) in [6, 6.07) is 3.51. The summed E-state index contributed by atoms with van der Waals surface area (Å²) in [5.41, 5.74) is -0.823. The molecule has 5 heteroatoms. The Morgan fingerprint density at radius 1 is 1.56 bits per heavy atom. The summed E-state index contributed by atoms with van der Waals surface area (Å²) in [7, 11) is 2.01. The van der Waals surface area contributed by atoms with E-state index in [2.05, 4.69) is 20.8 Å². The minimum atomic E-state index is -1.12. The number of hydrogen-bond donors (Lipinski definition) is 1. The van der Waals surface area contributed by atoms with Crippen LogP contribution in [0.4, 0.5) is 4.39 Å². The fourth-order valence-corrected chi connectivity index (χ4v) is 2.93. The lowest BCUT2D eigenvalue weighted by Crippen LogP contribution is -2.46. The Balaban J connectivity index is 2.39. The zero-order valence-electron chi connectivity index (χ0n) is 10.4. The van der Waals surface area contributed by atoms with E-state index in [9.17, 15) is 9.50 Å². The topological polar surface area (TPSA) is 23.5 Å². The summed E-state index contributed by atoms with van der Waals surface area (Å²) >= 11 is 9.07. The van der Waals surface area contributed by atoms with Gasteiger partial charge in [-0.15, -0.1) is 0 Å². The van der Waals surface area contributed by atoms with Gasteiger partial charge < -0.3 is 10.0 Å². The third kappa shape index (κ3) is 2.44. The van der Waals surface area contributed by atoms with E-state index in [0.717, 1.165) is 6.54 Å². The van der Waals surface area contributed by atoms with Crippen LogP contribution in [0.2, 0.25) is 5.02 Å². The molecule has 0 amide bonds. The van der Waals surface area contributed by atoms with E-state index in [1.807, 2.05) is 14.0 Å². The third-order valence-electron chi connectivity index (χ3n) is 3.80. The molecule has 0 aromatic heterocycles. The highest BCUT2D eigenvalue weighted by atomic mass is 79.9. The summed E-state index contributed by atoms with van der Waals surface area (Å²) in [6.07, 6.45) is 1.03. The predicted molar refractivity (Wildman–Crippen MR) is 74.3 cm³/mol. The Kier molecular flexibility index (Phi) is 4.02. The van der Waals surface area contributed by atoms with Gasteiger partial charge in [-0.2, -0.15) is 0 Å². The first-order valence-corrected chi connectivity index (χ1v) is 7.09. The molecule has 100 valence electrons. The molecule has 2 unspecified atom stereocenters. The van der Waals surface area contributed by atoms with Crippen LogP contribution in [-0.4, -0.2) is 29.6 Å². The molecule has 2 atom stereocenters. The standard InChI is InChI=1S/C13H16BrClFNO/c1-8-7-13(18,5-6-17(8)2)9-3-4-10(14)11(15)12(9)16/h3-4,8,18H,5-7H2,1-2H3. The van der Waals surface area contributed by atoms with Gasteiger partial charge in [0.1, 0.15) is 5.82 Å². The van der Waals surface area contributed by atoms with Gasteiger partial charge in [0.2, 0.25) is 0 Å². The molecule has 2 rings (SSSR count). The van der Waals surface area contributed by atoms with E-state index in [0.29, 0.717) is 22.9 Å². The average Bonchev–Trinajstić information content (AvgIpc) is 2.31. The number of halogens is 3. The molecule has 1 N–H and O–H groups in total.